The van der Waals surface area contributed by atoms with Crippen LogP contribution in [-0.4, -0.2) is 57.9 Å². The minimum absolute atomic E-state index is 0.491. The lowest BCUT2D eigenvalue weighted by atomic mass is 10.2. The third-order valence-electron chi connectivity index (χ3n) is 3.88. The molecule has 0 saturated carbocycles. The van der Waals surface area contributed by atoms with Crippen molar-refractivity contribution >= 4 is 0 Å². The first kappa shape index (κ1) is 13.3. The monoisotopic (exact) mass is 275 g/mol. The number of rotatable bonds is 5. The van der Waals surface area contributed by atoms with Crippen molar-refractivity contribution in [3.05, 3.63) is 24.8 Å². The normalized spacial score (nSPS) is 19.8. The van der Waals surface area contributed by atoms with Crippen LogP contribution in [0.15, 0.2) is 24.8 Å². The number of aromatic nitrogens is 4. The Hall–Kier alpha value is -1.66. The zero-order valence-corrected chi connectivity index (χ0v) is 12.1. The van der Waals surface area contributed by atoms with Crippen molar-refractivity contribution in [2.75, 3.05) is 33.9 Å². The van der Waals surface area contributed by atoms with E-state index in [1.54, 1.807) is 7.11 Å². The van der Waals surface area contributed by atoms with Gasteiger partial charge in [-0.25, -0.2) is 9.97 Å². The van der Waals surface area contributed by atoms with Gasteiger partial charge in [-0.1, -0.05) is 0 Å². The molecule has 0 amide bonds. The number of hydrogen-bond acceptors (Lipinski definition) is 4. The Morgan fingerprint density at radius 3 is 2.80 bits per heavy atom. The summed E-state index contributed by atoms with van der Waals surface area (Å²) in [6, 6.07) is 0.491. The van der Waals surface area contributed by atoms with Crippen molar-refractivity contribution in [3.8, 4) is 11.6 Å². The number of nitrogens with zero attached hydrogens (tertiary/aromatic N) is 5. The molecule has 0 bridgehead atoms. The van der Waals surface area contributed by atoms with Crippen molar-refractivity contribution in [1.82, 2.24) is 24.0 Å². The predicted molar refractivity (Wildman–Crippen MR) is 76.5 cm³/mol. The average Bonchev–Trinajstić information content (AvgIpc) is 3.14. The van der Waals surface area contributed by atoms with Gasteiger partial charge in [0.15, 0.2) is 11.6 Å². The van der Waals surface area contributed by atoms with Crippen molar-refractivity contribution in [1.29, 1.82) is 0 Å². The van der Waals surface area contributed by atoms with E-state index in [-0.39, 0.29) is 0 Å². The van der Waals surface area contributed by atoms with Crippen LogP contribution in [0.4, 0.5) is 0 Å². The van der Waals surface area contributed by atoms with Gasteiger partial charge in [-0.05, 0) is 20.0 Å². The lowest BCUT2D eigenvalue weighted by molar-refractivity contribution is 0.187. The third-order valence-corrected chi connectivity index (χ3v) is 3.88. The van der Waals surface area contributed by atoms with E-state index in [4.69, 9.17) is 4.74 Å². The Morgan fingerprint density at radius 1 is 1.25 bits per heavy atom. The van der Waals surface area contributed by atoms with Crippen LogP contribution in [0.3, 0.4) is 0 Å². The molecule has 0 aromatic carbocycles. The van der Waals surface area contributed by atoms with E-state index in [1.165, 1.54) is 6.42 Å². The fourth-order valence-corrected chi connectivity index (χ4v) is 2.81. The largest absolute Gasteiger partial charge is 0.383 e. The highest BCUT2D eigenvalue weighted by molar-refractivity contribution is 5.45. The number of ether oxygens (including phenoxy) is 1. The van der Waals surface area contributed by atoms with Crippen molar-refractivity contribution < 1.29 is 4.74 Å². The van der Waals surface area contributed by atoms with Gasteiger partial charge in [0.05, 0.1) is 6.61 Å². The van der Waals surface area contributed by atoms with Crippen LogP contribution in [0.25, 0.3) is 11.6 Å². The van der Waals surface area contributed by atoms with E-state index in [9.17, 15) is 0 Å². The van der Waals surface area contributed by atoms with Crippen LogP contribution >= 0.6 is 0 Å². The van der Waals surface area contributed by atoms with Gasteiger partial charge >= 0.3 is 0 Å². The molecule has 1 aliphatic heterocycles. The maximum absolute atomic E-state index is 5.15. The van der Waals surface area contributed by atoms with E-state index in [2.05, 4.69) is 37.2 Å². The molecule has 6 nitrogen and oxygen atoms in total. The molecule has 6 heteroatoms. The van der Waals surface area contributed by atoms with E-state index >= 15 is 0 Å². The second-order valence-electron chi connectivity index (χ2n) is 5.30. The van der Waals surface area contributed by atoms with Gasteiger partial charge in [0.2, 0.25) is 0 Å². The lowest BCUT2D eigenvalue weighted by Gasteiger charge is -2.16. The smallest absolute Gasteiger partial charge is 0.176 e. The Labute approximate surface area is 119 Å². The van der Waals surface area contributed by atoms with Crippen LogP contribution in [-0.2, 0) is 11.3 Å². The van der Waals surface area contributed by atoms with Gasteiger partial charge in [-0.2, -0.15) is 0 Å². The summed E-state index contributed by atoms with van der Waals surface area (Å²) in [6.07, 6.45) is 8.90. The highest BCUT2D eigenvalue weighted by Gasteiger charge is 2.24. The zero-order chi connectivity index (χ0) is 13.9. The Kier molecular flexibility index (Phi) is 3.84. The maximum atomic E-state index is 5.15. The number of hydrogen-bond donors (Lipinski definition) is 0. The molecule has 3 rings (SSSR count). The van der Waals surface area contributed by atoms with Crippen LogP contribution in [0.2, 0.25) is 0 Å². The Bertz CT molecular complexity index is 561. The van der Waals surface area contributed by atoms with E-state index < -0.39 is 0 Å². The summed E-state index contributed by atoms with van der Waals surface area (Å²) < 4.78 is 9.51. The number of likely N-dealkylation sites (N-methyl/N-ethyl adjacent to an activating group) is 1. The molecule has 2 aromatic heterocycles. The second kappa shape index (κ2) is 5.76. The summed E-state index contributed by atoms with van der Waals surface area (Å²) in [5.74, 6) is 1.87. The highest BCUT2D eigenvalue weighted by Crippen LogP contribution is 2.26. The Morgan fingerprint density at radius 2 is 2.05 bits per heavy atom. The van der Waals surface area contributed by atoms with Gasteiger partial charge in [-0.15, -0.1) is 0 Å². The van der Waals surface area contributed by atoms with Gasteiger partial charge in [0, 0.05) is 51.0 Å². The molecular weight excluding hydrogens is 254 g/mol. The van der Waals surface area contributed by atoms with Crippen LogP contribution in [0.5, 0.6) is 0 Å². The summed E-state index contributed by atoms with van der Waals surface area (Å²) in [4.78, 5) is 11.3. The van der Waals surface area contributed by atoms with Crippen LogP contribution < -0.4 is 0 Å². The molecule has 1 atom stereocenters. The summed E-state index contributed by atoms with van der Waals surface area (Å²) in [5, 5.41) is 0. The summed E-state index contributed by atoms with van der Waals surface area (Å²) in [5.41, 5.74) is 0. The van der Waals surface area contributed by atoms with Crippen molar-refractivity contribution in [3.63, 3.8) is 0 Å². The zero-order valence-electron chi connectivity index (χ0n) is 12.1. The molecule has 0 N–H and O–H groups in total. The molecule has 0 spiro atoms. The summed E-state index contributed by atoms with van der Waals surface area (Å²) in [7, 11) is 3.88. The maximum Gasteiger partial charge on any atom is 0.176 e. The van der Waals surface area contributed by atoms with Gasteiger partial charge < -0.3 is 18.8 Å². The van der Waals surface area contributed by atoms with Gasteiger partial charge in [-0.3, -0.25) is 0 Å². The summed E-state index contributed by atoms with van der Waals surface area (Å²) >= 11 is 0. The molecule has 1 saturated heterocycles. The fourth-order valence-electron chi connectivity index (χ4n) is 2.81. The third kappa shape index (κ3) is 2.48. The topological polar surface area (TPSA) is 48.1 Å². The standard InChI is InChI=1S/C14H21N5O/c1-17-6-3-12(11-17)19-8-5-16-14(19)13-15-4-7-18(13)9-10-20-2/h4-5,7-8,12H,3,6,9-11H2,1-2H3. The molecule has 108 valence electrons. The molecule has 0 aliphatic carbocycles. The number of methoxy groups -OCH3 is 1. The first-order valence-electron chi connectivity index (χ1n) is 7.01. The minimum Gasteiger partial charge on any atom is -0.383 e. The van der Waals surface area contributed by atoms with E-state index in [0.717, 1.165) is 31.3 Å². The molecule has 2 aromatic rings. The van der Waals surface area contributed by atoms with Crippen LogP contribution in [0, 0.1) is 0 Å². The predicted octanol–water partition coefficient (Wildman–Crippen LogP) is 1.27. The fraction of sp³-hybridized carbons (Fsp3) is 0.571. The Balaban J connectivity index is 1.88. The summed E-state index contributed by atoms with van der Waals surface area (Å²) in [6.45, 7) is 3.68. The van der Waals surface area contributed by atoms with Crippen molar-refractivity contribution in [2.45, 2.75) is 19.0 Å². The van der Waals surface area contributed by atoms with E-state index in [0.29, 0.717) is 12.6 Å². The number of imidazole rings is 2. The first-order valence-corrected chi connectivity index (χ1v) is 7.01. The average molecular weight is 275 g/mol. The SMILES string of the molecule is COCCn1ccnc1-c1nccn1C1CCN(C)C1. The quantitative estimate of drug-likeness (QED) is 0.824. The molecule has 1 aliphatic rings. The number of likely N-dealkylation sites (tertiary alicyclic amines) is 1. The second-order valence-corrected chi connectivity index (χ2v) is 5.30. The first-order chi connectivity index (χ1) is 9.79. The van der Waals surface area contributed by atoms with Crippen molar-refractivity contribution in [2.24, 2.45) is 0 Å². The van der Waals surface area contributed by atoms with Gasteiger partial charge in [0.25, 0.3) is 0 Å². The molecule has 20 heavy (non-hydrogen) atoms. The molecule has 1 unspecified atom stereocenters. The molecule has 0 radical (unpaired) electrons. The van der Waals surface area contributed by atoms with E-state index in [1.807, 2.05) is 18.6 Å². The lowest BCUT2D eigenvalue weighted by Crippen LogP contribution is -2.17. The van der Waals surface area contributed by atoms with Gasteiger partial charge in [0.1, 0.15) is 0 Å². The highest BCUT2D eigenvalue weighted by atomic mass is 16.5. The molecule has 1 fully saturated rings. The van der Waals surface area contributed by atoms with Crippen LogP contribution in [0.1, 0.15) is 12.5 Å². The molecule has 3 heterocycles. The minimum atomic E-state index is 0.491. The molecular formula is C14H21N5O.